The van der Waals surface area contributed by atoms with Gasteiger partial charge in [0.15, 0.2) is 0 Å². The number of aryl methyl sites for hydroxylation is 1. The van der Waals surface area contributed by atoms with Gasteiger partial charge in [-0.15, -0.1) is 11.3 Å². The van der Waals surface area contributed by atoms with Gasteiger partial charge in [0, 0.05) is 18.1 Å². The van der Waals surface area contributed by atoms with Crippen LogP contribution < -0.4 is 5.32 Å². The molecule has 4 aromatic rings. The van der Waals surface area contributed by atoms with Crippen molar-refractivity contribution < 1.29 is 4.79 Å². The zero-order valence-corrected chi connectivity index (χ0v) is 18.4. The summed E-state index contributed by atoms with van der Waals surface area (Å²) in [5.41, 5.74) is 5.02. The van der Waals surface area contributed by atoms with Gasteiger partial charge in [0.1, 0.15) is 5.69 Å². The molecule has 0 spiro atoms. The Morgan fingerprint density at radius 2 is 1.89 bits per heavy atom. The molecule has 6 heteroatoms. The largest absolute Gasteiger partial charge is 0.347 e. The topological polar surface area (TPSA) is 34.0 Å². The van der Waals surface area contributed by atoms with E-state index in [2.05, 4.69) is 33.4 Å². The second-order valence-corrected chi connectivity index (χ2v) is 9.62. The zero-order chi connectivity index (χ0) is 19.7. The lowest BCUT2D eigenvalue weighted by Crippen LogP contribution is -2.25. The highest BCUT2D eigenvalue weighted by molar-refractivity contribution is 9.11. The maximum atomic E-state index is 13.0. The number of aromatic nitrogens is 1. The molecule has 0 aliphatic carbocycles. The summed E-state index contributed by atoms with van der Waals surface area (Å²) in [5.74, 6) is -0.0805. The van der Waals surface area contributed by atoms with Crippen molar-refractivity contribution in [1.29, 1.82) is 0 Å². The number of nitrogens with one attached hydrogen (secondary N) is 1. The van der Waals surface area contributed by atoms with Crippen molar-refractivity contribution in [2.45, 2.75) is 20.0 Å². The first-order valence-corrected chi connectivity index (χ1v) is 10.8. The Morgan fingerprint density at radius 1 is 1.11 bits per heavy atom. The predicted molar refractivity (Wildman–Crippen MR) is 120 cm³/mol. The molecular weight excluding hydrogens is 456 g/mol. The highest BCUT2D eigenvalue weighted by Gasteiger charge is 2.18. The molecule has 0 fully saturated rings. The highest BCUT2D eigenvalue weighted by Crippen LogP contribution is 2.33. The molecule has 0 radical (unpaired) electrons. The molecule has 0 saturated heterocycles. The molecule has 0 aliphatic heterocycles. The van der Waals surface area contributed by atoms with Crippen molar-refractivity contribution in [2.24, 2.45) is 0 Å². The summed E-state index contributed by atoms with van der Waals surface area (Å²) in [5, 5.41) is 3.74. The predicted octanol–water partition coefficient (Wildman–Crippen LogP) is 6.41. The molecule has 1 amide bonds. The van der Waals surface area contributed by atoms with Crippen molar-refractivity contribution in [3.05, 3.63) is 91.9 Å². The Morgan fingerprint density at radius 3 is 2.68 bits per heavy atom. The van der Waals surface area contributed by atoms with E-state index in [4.69, 9.17) is 11.6 Å². The molecule has 0 bridgehead atoms. The highest BCUT2D eigenvalue weighted by atomic mass is 79.9. The van der Waals surface area contributed by atoms with Crippen molar-refractivity contribution >= 4 is 55.0 Å². The lowest BCUT2D eigenvalue weighted by molar-refractivity contribution is 0.0942. The van der Waals surface area contributed by atoms with Crippen LogP contribution in [0.3, 0.4) is 0 Å². The molecule has 0 atom stereocenters. The zero-order valence-electron chi connectivity index (χ0n) is 15.2. The number of carbonyl (C=O) groups excluding carboxylic acids is 1. The van der Waals surface area contributed by atoms with Crippen molar-refractivity contribution in [3.63, 3.8) is 0 Å². The van der Waals surface area contributed by atoms with E-state index >= 15 is 0 Å². The lowest BCUT2D eigenvalue weighted by Gasteiger charge is -2.12. The summed E-state index contributed by atoms with van der Waals surface area (Å²) in [6, 6.07) is 19.9. The molecule has 1 N–H and O–H groups in total. The van der Waals surface area contributed by atoms with Crippen LogP contribution in [0.25, 0.3) is 10.2 Å². The number of carbonyl (C=O) groups is 1. The van der Waals surface area contributed by atoms with E-state index < -0.39 is 0 Å². The molecule has 0 aliphatic rings. The lowest BCUT2D eigenvalue weighted by atomic mass is 10.1. The first-order chi connectivity index (χ1) is 13.5. The van der Waals surface area contributed by atoms with Crippen molar-refractivity contribution in [3.8, 4) is 0 Å². The third kappa shape index (κ3) is 4.17. The summed E-state index contributed by atoms with van der Waals surface area (Å²) in [7, 11) is 0. The maximum Gasteiger partial charge on any atom is 0.268 e. The van der Waals surface area contributed by atoms with E-state index in [1.165, 1.54) is 5.56 Å². The molecule has 2 heterocycles. The molecule has 2 aromatic carbocycles. The number of rotatable bonds is 5. The van der Waals surface area contributed by atoms with Crippen LogP contribution in [-0.2, 0) is 13.1 Å². The third-order valence-electron chi connectivity index (χ3n) is 4.56. The fourth-order valence-corrected chi connectivity index (χ4v) is 5.06. The van der Waals surface area contributed by atoms with Crippen molar-refractivity contribution in [1.82, 2.24) is 9.88 Å². The fraction of sp³-hybridized carbons (Fsp3) is 0.136. The van der Waals surface area contributed by atoms with E-state index in [9.17, 15) is 4.79 Å². The fourth-order valence-electron chi connectivity index (χ4n) is 3.28. The summed E-state index contributed by atoms with van der Waals surface area (Å²) >= 11 is 11.3. The summed E-state index contributed by atoms with van der Waals surface area (Å²) in [6.07, 6.45) is 0. The number of benzene rings is 2. The van der Waals surface area contributed by atoms with E-state index in [1.807, 2.05) is 60.0 Å². The maximum absolute atomic E-state index is 13.0. The van der Waals surface area contributed by atoms with Gasteiger partial charge in [-0.1, -0.05) is 53.6 Å². The van der Waals surface area contributed by atoms with Crippen LogP contribution in [0, 0.1) is 6.92 Å². The third-order valence-corrected chi connectivity index (χ3v) is 6.37. The minimum Gasteiger partial charge on any atom is -0.347 e. The Labute approximate surface area is 181 Å². The standard InChI is InChI=1S/C22H18BrClN2OS/c1-14-4-2-5-15(8-14)12-25-22(27)19-10-20-18(11-21(23)28-20)26(19)13-16-6-3-7-17(24)9-16/h2-11H,12-13H2,1H3,(H,25,27). The van der Waals surface area contributed by atoms with Crippen molar-refractivity contribution in [2.75, 3.05) is 0 Å². The SMILES string of the molecule is Cc1cccc(CNC(=O)c2cc3sc(Br)cc3n2Cc2cccc(Cl)c2)c1. The van der Waals surface area contributed by atoms with E-state index in [1.54, 1.807) is 11.3 Å². The molecule has 3 nitrogen and oxygen atoms in total. The number of halogens is 2. The van der Waals surface area contributed by atoms with Crippen LogP contribution in [0.15, 0.2) is 64.5 Å². The minimum atomic E-state index is -0.0805. The monoisotopic (exact) mass is 472 g/mol. The second-order valence-electron chi connectivity index (χ2n) is 6.72. The van der Waals surface area contributed by atoms with E-state index in [0.29, 0.717) is 23.8 Å². The molecule has 0 unspecified atom stereocenters. The van der Waals surface area contributed by atoms with Crippen LogP contribution >= 0.6 is 38.9 Å². The average molecular weight is 474 g/mol. The van der Waals surface area contributed by atoms with Gasteiger partial charge in [-0.05, 0) is 58.2 Å². The van der Waals surface area contributed by atoms with E-state index in [0.717, 1.165) is 25.1 Å². The first-order valence-electron chi connectivity index (χ1n) is 8.86. The summed E-state index contributed by atoms with van der Waals surface area (Å²) in [6.45, 7) is 3.13. The number of nitrogens with zero attached hydrogens (tertiary/aromatic N) is 1. The van der Waals surface area contributed by atoms with Crippen LogP contribution in [0.4, 0.5) is 0 Å². The number of thiophene rings is 1. The molecule has 4 rings (SSSR count). The van der Waals surface area contributed by atoms with Crippen LogP contribution in [0.1, 0.15) is 27.2 Å². The normalized spacial score (nSPS) is 11.1. The molecule has 2 aromatic heterocycles. The van der Waals surface area contributed by atoms with Crippen LogP contribution in [0.5, 0.6) is 0 Å². The Kier molecular flexibility index (Phi) is 5.58. The first kappa shape index (κ1) is 19.2. The second kappa shape index (κ2) is 8.11. The molecule has 0 saturated carbocycles. The van der Waals surface area contributed by atoms with Gasteiger partial charge in [0.05, 0.1) is 14.0 Å². The number of amides is 1. The smallest absolute Gasteiger partial charge is 0.268 e. The van der Waals surface area contributed by atoms with Crippen LogP contribution in [0.2, 0.25) is 5.02 Å². The summed E-state index contributed by atoms with van der Waals surface area (Å²) in [4.78, 5) is 13.0. The average Bonchev–Trinajstić information content (AvgIpc) is 3.17. The number of hydrogen-bond acceptors (Lipinski definition) is 2. The van der Waals surface area contributed by atoms with E-state index in [-0.39, 0.29) is 5.91 Å². The minimum absolute atomic E-state index is 0.0805. The van der Waals surface area contributed by atoms with Gasteiger partial charge >= 0.3 is 0 Å². The number of fused-ring (bicyclic) bond motifs is 1. The Hall–Kier alpha value is -2.08. The Balaban J connectivity index is 1.64. The van der Waals surface area contributed by atoms with Gasteiger partial charge in [0.2, 0.25) is 0 Å². The summed E-state index contributed by atoms with van der Waals surface area (Å²) < 4.78 is 4.17. The van der Waals surface area contributed by atoms with Gasteiger partial charge in [-0.25, -0.2) is 0 Å². The molecular formula is C22H18BrClN2OS. The van der Waals surface area contributed by atoms with Gasteiger partial charge in [0.25, 0.3) is 5.91 Å². The Bertz CT molecular complexity index is 1160. The van der Waals surface area contributed by atoms with Gasteiger partial charge in [-0.2, -0.15) is 0 Å². The van der Waals surface area contributed by atoms with Gasteiger partial charge in [-0.3, -0.25) is 4.79 Å². The molecule has 28 heavy (non-hydrogen) atoms. The van der Waals surface area contributed by atoms with Gasteiger partial charge < -0.3 is 9.88 Å². The van der Waals surface area contributed by atoms with Crippen LogP contribution in [-0.4, -0.2) is 10.5 Å². The molecule has 142 valence electrons. The number of hydrogen-bond donors (Lipinski definition) is 1. The quantitative estimate of drug-likeness (QED) is 0.357.